The molecule has 0 atom stereocenters. The van der Waals surface area contributed by atoms with Crippen molar-refractivity contribution in [2.45, 2.75) is 6.54 Å². The number of nitrogens with two attached hydrogens (primary N) is 1. The van der Waals surface area contributed by atoms with E-state index in [0.717, 1.165) is 16.5 Å². The third-order valence-corrected chi connectivity index (χ3v) is 2.90. The number of hydrogen-bond acceptors (Lipinski definition) is 4. The van der Waals surface area contributed by atoms with E-state index in [4.69, 9.17) is 10.5 Å². The van der Waals surface area contributed by atoms with Gasteiger partial charge in [0, 0.05) is 25.0 Å². The Bertz CT molecular complexity index is 720. The van der Waals surface area contributed by atoms with Crippen LogP contribution < -0.4 is 10.5 Å². The van der Waals surface area contributed by atoms with Crippen molar-refractivity contribution in [1.82, 2.24) is 14.8 Å². The molecule has 19 heavy (non-hydrogen) atoms. The third kappa shape index (κ3) is 2.28. The molecule has 0 amide bonds. The second kappa shape index (κ2) is 4.70. The number of para-hydroxylation sites is 1. The summed E-state index contributed by atoms with van der Waals surface area (Å²) in [6.45, 7) is 0.451. The SMILES string of the molecule is Cn1cc(Oc2cc(CN)c3ccccc3n2)cn1. The number of pyridine rings is 1. The summed E-state index contributed by atoms with van der Waals surface area (Å²) in [6, 6.07) is 9.76. The summed E-state index contributed by atoms with van der Waals surface area (Å²) in [5, 5.41) is 5.12. The van der Waals surface area contributed by atoms with Gasteiger partial charge in [0.1, 0.15) is 0 Å². The van der Waals surface area contributed by atoms with Crippen molar-refractivity contribution in [3.8, 4) is 11.6 Å². The van der Waals surface area contributed by atoms with Crippen LogP contribution in [0.2, 0.25) is 0 Å². The number of rotatable bonds is 3. The lowest BCUT2D eigenvalue weighted by Gasteiger charge is -2.07. The van der Waals surface area contributed by atoms with Crippen LogP contribution >= 0.6 is 0 Å². The molecule has 2 heterocycles. The summed E-state index contributed by atoms with van der Waals surface area (Å²) >= 11 is 0. The maximum atomic E-state index is 5.78. The molecule has 96 valence electrons. The van der Waals surface area contributed by atoms with Gasteiger partial charge in [0.2, 0.25) is 5.88 Å². The molecule has 0 saturated heterocycles. The van der Waals surface area contributed by atoms with Crippen LogP contribution in [0.4, 0.5) is 0 Å². The molecule has 0 saturated carbocycles. The molecular formula is C14H14N4O. The lowest BCUT2D eigenvalue weighted by Crippen LogP contribution is -1.99. The Kier molecular flexibility index (Phi) is 2.89. The van der Waals surface area contributed by atoms with Crippen molar-refractivity contribution in [3.63, 3.8) is 0 Å². The van der Waals surface area contributed by atoms with Crippen LogP contribution in [0.3, 0.4) is 0 Å². The maximum absolute atomic E-state index is 5.78. The molecule has 0 aliphatic carbocycles. The van der Waals surface area contributed by atoms with E-state index in [9.17, 15) is 0 Å². The number of aromatic nitrogens is 3. The molecule has 0 unspecified atom stereocenters. The Balaban J connectivity index is 2.04. The summed E-state index contributed by atoms with van der Waals surface area (Å²) in [6.07, 6.45) is 3.44. The molecule has 0 bridgehead atoms. The van der Waals surface area contributed by atoms with Crippen molar-refractivity contribution in [2.24, 2.45) is 12.8 Å². The Morgan fingerprint density at radius 2 is 2.16 bits per heavy atom. The Morgan fingerprint density at radius 3 is 2.89 bits per heavy atom. The Labute approximate surface area is 110 Å². The number of fused-ring (bicyclic) bond motifs is 1. The van der Waals surface area contributed by atoms with E-state index in [0.29, 0.717) is 18.2 Å². The molecule has 0 fully saturated rings. The normalized spacial score (nSPS) is 10.8. The second-order valence-corrected chi connectivity index (χ2v) is 4.29. The van der Waals surface area contributed by atoms with E-state index < -0.39 is 0 Å². The van der Waals surface area contributed by atoms with Crippen LogP contribution in [0.5, 0.6) is 11.6 Å². The number of ether oxygens (including phenoxy) is 1. The molecule has 0 radical (unpaired) electrons. The Hall–Kier alpha value is -2.40. The van der Waals surface area contributed by atoms with E-state index in [1.807, 2.05) is 37.4 Å². The second-order valence-electron chi connectivity index (χ2n) is 4.29. The van der Waals surface area contributed by atoms with Gasteiger partial charge in [0.05, 0.1) is 17.9 Å². The number of benzene rings is 1. The summed E-state index contributed by atoms with van der Waals surface area (Å²) in [5.41, 5.74) is 7.68. The van der Waals surface area contributed by atoms with Crippen LogP contribution in [-0.2, 0) is 13.6 Å². The minimum absolute atomic E-state index is 0.451. The van der Waals surface area contributed by atoms with Crippen molar-refractivity contribution in [2.75, 3.05) is 0 Å². The topological polar surface area (TPSA) is 66.0 Å². The summed E-state index contributed by atoms with van der Waals surface area (Å²) in [5.74, 6) is 1.19. The first-order valence-electron chi connectivity index (χ1n) is 6.01. The van der Waals surface area contributed by atoms with E-state index in [2.05, 4.69) is 10.1 Å². The van der Waals surface area contributed by atoms with Crippen LogP contribution in [0, 0.1) is 0 Å². The van der Waals surface area contributed by atoms with Crippen molar-refractivity contribution < 1.29 is 4.74 Å². The predicted octanol–water partition coefficient (Wildman–Crippen LogP) is 2.22. The van der Waals surface area contributed by atoms with Crippen molar-refractivity contribution in [1.29, 1.82) is 0 Å². The molecule has 2 N–H and O–H groups in total. The molecule has 5 heteroatoms. The molecule has 1 aromatic carbocycles. The molecule has 0 aliphatic rings. The molecule has 5 nitrogen and oxygen atoms in total. The van der Waals surface area contributed by atoms with Crippen molar-refractivity contribution in [3.05, 3.63) is 48.3 Å². The first-order valence-corrected chi connectivity index (χ1v) is 6.01. The number of hydrogen-bond donors (Lipinski definition) is 1. The lowest BCUT2D eigenvalue weighted by atomic mass is 10.1. The standard InChI is InChI=1S/C14H14N4O/c1-18-9-11(8-16-18)19-14-6-10(7-15)12-4-2-3-5-13(12)17-14/h2-6,8-9H,7,15H2,1H3. The van der Waals surface area contributed by atoms with Gasteiger partial charge in [-0.25, -0.2) is 4.98 Å². The average molecular weight is 254 g/mol. The van der Waals surface area contributed by atoms with Gasteiger partial charge in [-0.2, -0.15) is 5.10 Å². The molecule has 3 aromatic rings. The monoisotopic (exact) mass is 254 g/mol. The first kappa shape index (κ1) is 11.7. The quantitative estimate of drug-likeness (QED) is 0.778. The molecular weight excluding hydrogens is 240 g/mol. The smallest absolute Gasteiger partial charge is 0.220 e. The molecule has 2 aromatic heterocycles. The van der Waals surface area contributed by atoms with Gasteiger partial charge < -0.3 is 10.5 Å². The third-order valence-electron chi connectivity index (χ3n) is 2.90. The highest BCUT2D eigenvalue weighted by atomic mass is 16.5. The van der Waals surface area contributed by atoms with Crippen LogP contribution in [0.25, 0.3) is 10.9 Å². The molecule has 3 rings (SSSR count). The maximum Gasteiger partial charge on any atom is 0.220 e. The highest BCUT2D eigenvalue weighted by Crippen LogP contribution is 2.25. The lowest BCUT2D eigenvalue weighted by molar-refractivity contribution is 0.464. The number of nitrogens with zero attached hydrogens (tertiary/aromatic N) is 3. The fourth-order valence-corrected chi connectivity index (χ4v) is 2.01. The van der Waals surface area contributed by atoms with E-state index in [1.165, 1.54) is 0 Å². The van der Waals surface area contributed by atoms with Crippen molar-refractivity contribution >= 4 is 10.9 Å². The highest BCUT2D eigenvalue weighted by Gasteiger charge is 2.07. The van der Waals surface area contributed by atoms with E-state index in [1.54, 1.807) is 17.1 Å². The Morgan fingerprint density at radius 1 is 1.32 bits per heavy atom. The molecule has 0 spiro atoms. The van der Waals surface area contributed by atoms with Gasteiger partial charge in [-0.1, -0.05) is 18.2 Å². The van der Waals surface area contributed by atoms with Gasteiger partial charge in [0.25, 0.3) is 0 Å². The van der Waals surface area contributed by atoms with Gasteiger partial charge in [0.15, 0.2) is 5.75 Å². The average Bonchev–Trinajstić information content (AvgIpc) is 2.83. The summed E-state index contributed by atoms with van der Waals surface area (Å²) in [4.78, 5) is 4.47. The minimum atomic E-state index is 0.451. The fourth-order valence-electron chi connectivity index (χ4n) is 2.01. The number of aryl methyl sites for hydroxylation is 1. The van der Waals surface area contributed by atoms with E-state index in [-0.39, 0.29) is 0 Å². The zero-order valence-electron chi connectivity index (χ0n) is 10.6. The van der Waals surface area contributed by atoms with Crippen LogP contribution in [-0.4, -0.2) is 14.8 Å². The van der Waals surface area contributed by atoms with Crippen LogP contribution in [0.1, 0.15) is 5.56 Å². The first-order chi connectivity index (χ1) is 9.26. The van der Waals surface area contributed by atoms with Gasteiger partial charge in [-0.15, -0.1) is 0 Å². The van der Waals surface area contributed by atoms with Crippen LogP contribution in [0.15, 0.2) is 42.7 Å². The minimum Gasteiger partial charge on any atom is -0.436 e. The zero-order valence-corrected chi connectivity index (χ0v) is 10.6. The zero-order chi connectivity index (χ0) is 13.2. The highest BCUT2D eigenvalue weighted by molar-refractivity contribution is 5.82. The van der Waals surface area contributed by atoms with Gasteiger partial charge in [-0.3, -0.25) is 4.68 Å². The summed E-state index contributed by atoms with van der Waals surface area (Å²) < 4.78 is 7.38. The largest absolute Gasteiger partial charge is 0.436 e. The van der Waals surface area contributed by atoms with E-state index >= 15 is 0 Å². The predicted molar refractivity (Wildman–Crippen MR) is 72.9 cm³/mol. The van der Waals surface area contributed by atoms with Gasteiger partial charge in [-0.05, 0) is 11.6 Å². The van der Waals surface area contributed by atoms with Gasteiger partial charge >= 0.3 is 0 Å². The molecule has 0 aliphatic heterocycles. The fraction of sp³-hybridized carbons (Fsp3) is 0.143. The summed E-state index contributed by atoms with van der Waals surface area (Å²) in [7, 11) is 1.84.